The molecule has 68 valence electrons. The van der Waals surface area contributed by atoms with Crippen LogP contribution in [0.4, 0.5) is 0 Å². The van der Waals surface area contributed by atoms with Gasteiger partial charge in [0.05, 0.1) is 6.04 Å². The molecule has 2 aliphatic rings. The van der Waals surface area contributed by atoms with E-state index in [1.165, 1.54) is 25.7 Å². The van der Waals surface area contributed by atoms with Crippen LogP contribution in [0.1, 0.15) is 25.7 Å². The summed E-state index contributed by atoms with van der Waals surface area (Å²) in [5.41, 5.74) is 5.81. The van der Waals surface area contributed by atoms with Crippen molar-refractivity contribution in [1.82, 2.24) is 4.90 Å². The van der Waals surface area contributed by atoms with Crippen molar-refractivity contribution in [2.45, 2.75) is 31.7 Å². The summed E-state index contributed by atoms with van der Waals surface area (Å²) < 4.78 is 0. The number of guanidine groups is 1. The van der Waals surface area contributed by atoms with Crippen LogP contribution in [0.3, 0.4) is 0 Å². The molecule has 0 saturated heterocycles. The van der Waals surface area contributed by atoms with Gasteiger partial charge in [-0.1, -0.05) is 0 Å². The van der Waals surface area contributed by atoms with Gasteiger partial charge in [0.15, 0.2) is 5.96 Å². The zero-order chi connectivity index (χ0) is 8.55. The Kier molecular flexibility index (Phi) is 1.95. The van der Waals surface area contributed by atoms with E-state index in [2.05, 4.69) is 9.89 Å². The van der Waals surface area contributed by atoms with Gasteiger partial charge in [0.25, 0.3) is 0 Å². The Morgan fingerprint density at radius 2 is 2.08 bits per heavy atom. The molecule has 0 unspecified atom stereocenters. The minimum Gasteiger partial charge on any atom is -0.370 e. The summed E-state index contributed by atoms with van der Waals surface area (Å²) in [6.07, 6.45) is 5.22. The topological polar surface area (TPSA) is 41.6 Å². The molecule has 12 heavy (non-hydrogen) atoms. The van der Waals surface area contributed by atoms with E-state index >= 15 is 0 Å². The van der Waals surface area contributed by atoms with Crippen molar-refractivity contribution in [1.29, 1.82) is 0 Å². The van der Waals surface area contributed by atoms with Crippen LogP contribution in [-0.4, -0.2) is 30.5 Å². The maximum atomic E-state index is 5.81. The third-order valence-electron chi connectivity index (χ3n) is 2.48. The van der Waals surface area contributed by atoms with Crippen LogP contribution in [-0.2, 0) is 0 Å². The Labute approximate surface area is 73.6 Å². The summed E-state index contributed by atoms with van der Waals surface area (Å²) >= 11 is 0. The first-order valence-corrected chi connectivity index (χ1v) is 4.80. The molecule has 2 rings (SSSR count). The molecule has 0 aromatic carbocycles. The zero-order valence-corrected chi connectivity index (χ0v) is 7.66. The largest absolute Gasteiger partial charge is 0.370 e. The van der Waals surface area contributed by atoms with Crippen LogP contribution in [0.5, 0.6) is 0 Å². The second-order valence-corrected chi connectivity index (χ2v) is 4.04. The molecule has 2 fully saturated rings. The lowest BCUT2D eigenvalue weighted by atomic mass is 10.4. The number of hydrogen-bond acceptors (Lipinski definition) is 1. The number of rotatable bonds is 3. The summed E-state index contributed by atoms with van der Waals surface area (Å²) in [6.45, 7) is 1.10. The van der Waals surface area contributed by atoms with Gasteiger partial charge in [-0.3, -0.25) is 0 Å². The van der Waals surface area contributed by atoms with Gasteiger partial charge < -0.3 is 10.6 Å². The highest BCUT2D eigenvalue weighted by molar-refractivity contribution is 5.78. The Bertz CT molecular complexity index is 192. The third-order valence-corrected chi connectivity index (χ3v) is 2.48. The minimum atomic E-state index is 0.548. The number of nitrogens with two attached hydrogens (primary N) is 1. The van der Waals surface area contributed by atoms with Crippen molar-refractivity contribution in [3.63, 3.8) is 0 Å². The van der Waals surface area contributed by atoms with E-state index in [0.29, 0.717) is 6.04 Å². The van der Waals surface area contributed by atoms with E-state index in [1.54, 1.807) is 0 Å². The van der Waals surface area contributed by atoms with Gasteiger partial charge in [-0.05, 0) is 31.6 Å². The first-order chi connectivity index (χ1) is 5.75. The molecule has 2 N–H and O–H groups in total. The quantitative estimate of drug-likeness (QED) is 0.499. The summed E-state index contributed by atoms with van der Waals surface area (Å²) in [7, 11) is 2.04. The normalized spacial score (nSPS) is 24.2. The predicted molar refractivity (Wildman–Crippen MR) is 50.0 cm³/mol. The van der Waals surface area contributed by atoms with Crippen molar-refractivity contribution in [2.75, 3.05) is 13.6 Å². The van der Waals surface area contributed by atoms with Crippen LogP contribution < -0.4 is 5.73 Å². The lowest BCUT2D eigenvalue weighted by Crippen LogP contribution is -2.35. The van der Waals surface area contributed by atoms with Crippen LogP contribution in [0, 0.1) is 5.92 Å². The zero-order valence-electron chi connectivity index (χ0n) is 7.66. The summed E-state index contributed by atoms with van der Waals surface area (Å²) in [6, 6.07) is 0.548. The van der Waals surface area contributed by atoms with E-state index in [4.69, 9.17) is 5.73 Å². The highest BCUT2D eigenvalue weighted by Gasteiger charge is 2.25. The fraction of sp³-hybridized carbons (Fsp3) is 0.889. The van der Waals surface area contributed by atoms with Gasteiger partial charge in [-0.15, -0.1) is 0 Å². The lowest BCUT2D eigenvalue weighted by molar-refractivity contribution is 0.468. The van der Waals surface area contributed by atoms with E-state index in [1.807, 2.05) is 7.05 Å². The lowest BCUT2D eigenvalue weighted by Gasteiger charge is -2.17. The molecule has 0 aliphatic heterocycles. The van der Waals surface area contributed by atoms with E-state index in [9.17, 15) is 0 Å². The third kappa shape index (κ3) is 2.13. The molecule has 0 aromatic rings. The molecule has 0 atom stereocenters. The summed E-state index contributed by atoms with van der Waals surface area (Å²) in [4.78, 5) is 6.48. The van der Waals surface area contributed by atoms with Gasteiger partial charge in [-0.25, -0.2) is 4.99 Å². The van der Waals surface area contributed by atoms with E-state index < -0.39 is 0 Å². The molecule has 0 amide bonds. The molecule has 0 radical (unpaired) electrons. The second kappa shape index (κ2) is 2.96. The Morgan fingerprint density at radius 3 is 2.58 bits per heavy atom. The van der Waals surface area contributed by atoms with Crippen molar-refractivity contribution in [2.24, 2.45) is 16.6 Å². The second-order valence-electron chi connectivity index (χ2n) is 4.04. The highest BCUT2D eigenvalue weighted by Crippen LogP contribution is 2.29. The van der Waals surface area contributed by atoms with Gasteiger partial charge in [0.2, 0.25) is 0 Å². The molecule has 2 saturated carbocycles. The van der Waals surface area contributed by atoms with Crippen molar-refractivity contribution < 1.29 is 0 Å². The van der Waals surface area contributed by atoms with Gasteiger partial charge >= 0.3 is 0 Å². The first-order valence-electron chi connectivity index (χ1n) is 4.80. The summed E-state index contributed by atoms with van der Waals surface area (Å²) in [5, 5.41) is 0. The van der Waals surface area contributed by atoms with Crippen molar-refractivity contribution in [3.8, 4) is 0 Å². The molecule has 0 aromatic heterocycles. The SMILES string of the molecule is CN(CC1CC1)C(N)=NC1CC1. The molecule has 2 aliphatic carbocycles. The Morgan fingerprint density at radius 1 is 1.42 bits per heavy atom. The van der Waals surface area contributed by atoms with Crippen molar-refractivity contribution >= 4 is 5.96 Å². The molecule has 3 heteroatoms. The standard InChI is InChI=1S/C9H17N3/c1-12(6-7-2-3-7)9(10)11-8-4-5-8/h7-8H,2-6H2,1H3,(H2,10,11). The Hall–Kier alpha value is -0.730. The molecule has 3 nitrogen and oxygen atoms in total. The van der Waals surface area contributed by atoms with Gasteiger partial charge in [0.1, 0.15) is 0 Å². The van der Waals surface area contributed by atoms with Crippen LogP contribution in [0.2, 0.25) is 0 Å². The minimum absolute atomic E-state index is 0.548. The molecular formula is C9H17N3. The summed E-state index contributed by atoms with van der Waals surface area (Å²) in [5.74, 6) is 1.63. The average molecular weight is 167 g/mol. The molecule has 0 spiro atoms. The fourth-order valence-corrected chi connectivity index (χ4v) is 1.27. The number of hydrogen-bond donors (Lipinski definition) is 1. The maximum Gasteiger partial charge on any atom is 0.191 e. The highest BCUT2D eigenvalue weighted by atomic mass is 15.2. The Balaban J connectivity index is 1.79. The smallest absolute Gasteiger partial charge is 0.191 e. The monoisotopic (exact) mass is 167 g/mol. The van der Waals surface area contributed by atoms with E-state index in [-0.39, 0.29) is 0 Å². The van der Waals surface area contributed by atoms with Gasteiger partial charge in [0, 0.05) is 13.6 Å². The van der Waals surface area contributed by atoms with Gasteiger partial charge in [-0.2, -0.15) is 0 Å². The molecule has 0 bridgehead atoms. The van der Waals surface area contributed by atoms with Crippen LogP contribution in [0.15, 0.2) is 4.99 Å². The van der Waals surface area contributed by atoms with E-state index in [0.717, 1.165) is 18.4 Å². The average Bonchev–Trinajstić information content (AvgIpc) is 2.79. The van der Waals surface area contributed by atoms with Crippen molar-refractivity contribution in [3.05, 3.63) is 0 Å². The first kappa shape index (κ1) is 7.90. The molecule has 0 heterocycles. The molecular weight excluding hydrogens is 150 g/mol. The van der Waals surface area contributed by atoms with Crippen LogP contribution >= 0.6 is 0 Å². The van der Waals surface area contributed by atoms with Crippen LogP contribution in [0.25, 0.3) is 0 Å². The predicted octanol–water partition coefficient (Wildman–Crippen LogP) is 0.805. The number of nitrogens with zero attached hydrogens (tertiary/aromatic N) is 2. The number of aliphatic imine (C=N–C) groups is 1. The maximum absolute atomic E-state index is 5.81. The fourth-order valence-electron chi connectivity index (χ4n) is 1.27.